The van der Waals surface area contributed by atoms with Crippen molar-refractivity contribution in [3.05, 3.63) is 101 Å². The number of aldehydes is 1. The number of nitrogens with zero attached hydrogens (tertiary/aromatic N) is 1. The van der Waals surface area contributed by atoms with E-state index in [9.17, 15) is 4.79 Å². The molecule has 0 saturated carbocycles. The highest BCUT2D eigenvalue weighted by atomic mass is 16.1. The van der Waals surface area contributed by atoms with Crippen molar-refractivity contribution in [1.82, 2.24) is 4.98 Å². The Morgan fingerprint density at radius 2 is 1.67 bits per heavy atom. The lowest BCUT2D eigenvalue weighted by molar-refractivity contribution is 0.112. The standard InChI is InChI=1S/C24H16N2O/c27-15-16-9-11-17(12-10-16)24(20-13-25-22-7-3-1-5-18(20)22)21-14-26-23-8-4-2-6-19(21)23/h1-15,25H. The normalized spacial score (nSPS) is 14.4. The molecule has 4 aromatic rings. The maximum absolute atomic E-state index is 11.1. The Hall–Kier alpha value is -3.72. The molecule has 3 aromatic carbocycles. The van der Waals surface area contributed by atoms with Gasteiger partial charge in [0.05, 0.1) is 5.69 Å². The SMILES string of the molecule is O=Cc1ccc(C(=C2C=Nc3ccccc32)c2c[nH]c3ccccc23)cc1. The van der Waals surface area contributed by atoms with Gasteiger partial charge in [0.15, 0.2) is 0 Å². The van der Waals surface area contributed by atoms with Gasteiger partial charge in [-0.1, -0.05) is 60.7 Å². The van der Waals surface area contributed by atoms with Crippen LogP contribution in [-0.2, 0) is 0 Å². The van der Waals surface area contributed by atoms with Crippen molar-refractivity contribution in [2.24, 2.45) is 4.99 Å². The zero-order valence-electron chi connectivity index (χ0n) is 14.5. The van der Waals surface area contributed by atoms with Gasteiger partial charge in [-0.15, -0.1) is 0 Å². The minimum Gasteiger partial charge on any atom is -0.361 e. The van der Waals surface area contributed by atoms with Crippen LogP contribution in [0.4, 0.5) is 5.69 Å². The Morgan fingerprint density at radius 3 is 2.52 bits per heavy atom. The van der Waals surface area contributed by atoms with Crippen molar-refractivity contribution in [3.8, 4) is 0 Å². The molecular formula is C24H16N2O. The Kier molecular flexibility index (Phi) is 3.58. The summed E-state index contributed by atoms with van der Waals surface area (Å²) in [5.74, 6) is 0. The van der Waals surface area contributed by atoms with E-state index in [0.29, 0.717) is 5.56 Å². The van der Waals surface area contributed by atoms with Gasteiger partial charge in [0.2, 0.25) is 0 Å². The van der Waals surface area contributed by atoms with Gasteiger partial charge in [-0.25, -0.2) is 0 Å². The van der Waals surface area contributed by atoms with Gasteiger partial charge in [0.25, 0.3) is 0 Å². The van der Waals surface area contributed by atoms with E-state index in [1.165, 1.54) is 0 Å². The molecule has 0 unspecified atom stereocenters. The van der Waals surface area contributed by atoms with Crippen LogP contribution in [0.15, 0.2) is 84.0 Å². The van der Waals surface area contributed by atoms with Crippen LogP contribution in [-0.4, -0.2) is 17.5 Å². The van der Waals surface area contributed by atoms with Gasteiger partial charge < -0.3 is 4.98 Å². The maximum atomic E-state index is 11.1. The Labute approximate surface area is 156 Å². The summed E-state index contributed by atoms with van der Waals surface area (Å²) in [5.41, 5.74) is 8.26. The smallest absolute Gasteiger partial charge is 0.150 e. The number of nitrogens with one attached hydrogen (secondary N) is 1. The summed E-state index contributed by atoms with van der Waals surface area (Å²) in [6.45, 7) is 0. The summed E-state index contributed by atoms with van der Waals surface area (Å²) >= 11 is 0. The molecule has 0 atom stereocenters. The van der Waals surface area contributed by atoms with E-state index in [1.807, 2.05) is 60.8 Å². The zero-order valence-corrected chi connectivity index (χ0v) is 14.5. The van der Waals surface area contributed by atoms with E-state index in [-0.39, 0.29) is 0 Å². The van der Waals surface area contributed by atoms with Crippen molar-refractivity contribution in [1.29, 1.82) is 0 Å². The van der Waals surface area contributed by atoms with Crippen LogP contribution in [0.1, 0.15) is 27.0 Å². The quantitative estimate of drug-likeness (QED) is 0.477. The van der Waals surface area contributed by atoms with Crippen molar-refractivity contribution < 1.29 is 4.79 Å². The highest BCUT2D eigenvalue weighted by molar-refractivity contribution is 6.27. The molecule has 0 fully saturated rings. The second-order valence-electron chi connectivity index (χ2n) is 6.55. The molecule has 2 heterocycles. The number of para-hydroxylation sites is 2. The van der Waals surface area contributed by atoms with E-state index in [2.05, 4.69) is 34.4 Å². The largest absolute Gasteiger partial charge is 0.361 e. The van der Waals surface area contributed by atoms with Gasteiger partial charge in [-0.3, -0.25) is 9.79 Å². The molecule has 1 N–H and O–H groups in total. The van der Waals surface area contributed by atoms with Crippen LogP contribution in [0.25, 0.3) is 22.0 Å². The number of hydrogen-bond donors (Lipinski definition) is 1. The van der Waals surface area contributed by atoms with Gasteiger partial charge in [0, 0.05) is 51.2 Å². The van der Waals surface area contributed by atoms with Crippen molar-refractivity contribution in [3.63, 3.8) is 0 Å². The monoisotopic (exact) mass is 348 g/mol. The summed E-state index contributed by atoms with van der Waals surface area (Å²) in [6, 6.07) is 24.2. The van der Waals surface area contributed by atoms with E-state index in [4.69, 9.17) is 0 Å². The number of rotatable bonds is 3. The van der Waals surface area contributed by atoms with Crippen LogP contribution in [0.3, 0.4) is 0 Å². The van der Waals surface area contributed by atoms with Crippen molar-refractivity contribution >= 4 is 40.2 Å². The van der Waals surface area contributed by atoms with Crippen molar-refractivity contribution in [2.75, 3.05) is 0 Å². The third-order valence-corrected chi connectivity index (χ3v) is 4.99. The molecule has 0 aliphatic carbocycles. The fourth-order valence-electron chi connectivity index (χ4n) is 3.68. The molecule has 27 heavy (non-hydrogen) atoms. The number of aliphatic imine (C=N–C) groups is 1. The third-order valence-electron chi connectivity index (χ3n) is 4.99. The number of hydrogen-bond acceptors (Lipinski definition) is 2. The summed E-state index contributed by atoms with van der Waals surface area (Å²) in [7, 11) is 0. The summed E-state index contributed by atoms with van der Waals surface area (Å²) in [4.78, 5) is 19.0. The molecule has 3 heteroatoms. The van der Waals surface area contributed by atoms with Crippen LogP contribution in [0.2, 0.25) is 0 Å². The van der Waals surface area contributed by atoms with Crippen LogP contribution >= 0.6 is 0 Å². The number of H-pyrrole nitrogens is 1. The van der Waals surface area contributed by atoms with E-state index >= 15 is 0 Å². The fourth-order valence-corrected chi connectivity index (χ4v) is 3.68. The molecule has 0 radical (unpaired) electrons. The lowest BCUT2D eigenvalue weighted by atomic mass is 9.90. The number of allylic oxidation sites excluding steroid dienone is 1. The average molecular weight is 348 g/mol. The lowest BCUT2D eigenvalue weighted by Gasteiger charge is -2.12. The highest BCUT2D eigenvalue weighted by Gasteiger charge is 2.20. The number of fused-ring (bicyclic) bond motifs is 2. The second-order valence-corrected chi connectivity index (χ2v) is 6.55. The molecular weight excluding hydrogens is 332 g/mol. The zero-order chi connectivity index (χ0) is 18.2. The molecule has 0 saturated heterocycles. The maximum Gasteiger partial charge on any atom is 0.150 e. The first-order valence-corrected chi connectivity index (χ1v) is 8.85. The molecule has 1 aliphatic rings. The number of aromatic amines is 1. The predicted octanol–water partition coefficient (Wildman–Crippen LogP) is 5.66. The molecule has 3 nitrogen and oxygen atoms in total. The number of benzene rings is 3. The first-order valence-electron chi connectivity index (χ1n) is 8.85. The highest BCUT2D eigenvalue weighted by Crippen LogP contribution is 2.40. The fraction of sp³-hybridized carbons (Fsp3) is 0. The molecule has 1 aliphatic heterocycles. The molecule has 0 amide bonds. The molecule has 5 rings (SSSR count). The Morgan fingerprint density at radius 1 is 0.889 bits per heavy atom. The third kappa shape index (κ3) is 2.52. The average Bonchev–Trinajstić information content (AvgIpc) is 3.34. The van der Waals surface area contributed by atoms with Gasteiger partial charge in [-0.2, -0.15) is 0 Å². The van der Waals surface area contributed by atoms with Crippen LogP contribution < -0.4 is 0 Å². The summed E-state index contributed by atoms with van der Waals surface area (Å²) in [5, 5.41) is 1.16. The summed E-state index contributed by atoms with van der Waals surface area (Å²) < 4.78 is 0. The predicted molar refractivity (Wildman–Crippen MR) is 111 cm³/mol. The first kappa shape index (κ1) is 15.5. The number of carbonyl (C=O) groups excluding carboxylic acids is 1. The Bertz CT molecular complexity index is 1230. The number of aromatic nitrogens is 1. The summed E-state index contributed by atoms with van der Waals surface area (Å²) in [6.07, 6.45) is 4.86. The van der Waals surface area contributed by atoms with E-state index < -0.39 is 0 Å². The molecule has 1 aromatic heterocycles. The second kappa shape index (κ2) is 6.22. The Balaban J connectivity index is 1.82. The van der Waals surface area contributed by atoms with Crippen molar-refractivity contribution in [2.45, 2.75) is 0 Å². The van der Waals surface area contributed by atoms with Crippen LogP contribution in [0.5, 0.6) is 0 Å². The molecule has 128 valence electrons. The van der Waals surface area contributed by atoms with E-state index in [0.717, 1.165) is 50.7 Å². The minimum absolute atomic E-state index is 0.669. The van der Waals surface area contributed by atoms with E-state index in [1.54, 1.807) is 0 Å². The molecule has 0 bridgehead atoms. The van der Waals surface area contributed by atoms with Crippen LogP contribution in [0, 0.1) is 0 Å². The minimum atomic E-state index is 0.669. The van der Waals surface area contributed by atoms with Gasteiger partial charge in [0.1, 0.15) is 6.29 Å². The first-order chi connectivity index (χ1) is 13.3. The molecule has 0 spiro atoms. The number of carbonyl (C=O) groups is 1. The van der Waals surface area contributed by atoms with Gasteiger partial charge >= 0.3 is 0 Å². The lowest BCUT2D eigenvalue weighted by Crippen LogP contribution is -1.94. The topological polar surface area (TPSA) is 45.2 Å². The van der Waals surface area contributed by atoms with Gasteiger partial charge in [-0.05, 0) is 17.7 Å².